The van der Waals surface area contributed by atoms with Gasteiger partial charge >= 0.3 is 59.7 Å². The molecule has 0 radical (unpaired) electrons. The van der Waals surface area contributed by atoms with Gasteiger partial charge in [0, 0.05) is 194 Å². The molecule has 3 heterocycles. The van der Waals surface area contributed by atoms with Gasteiger partial charge in [-0.25, -0.2) is 0 Å². The molecule has 49 heteroatoms. The van der Waals surface area contributed by atoms with Gasteiger partial charge in [-0.2, -0.15) is 0 Å². The second-order valence-corrected chi connectivity index (χ2v) is 31.3. The van der Waals surface area contributed by atoms with E-state index in [9.17, 15) is 101 Å². The summed E-state index contributed by atoms with van der Waals surface area (Å²) < 4.78 is 102. The van der Waals surface area contributed by atoms with E-state index in [1.807, 2.05) is 0 Å². The third-order valence-electron chi connectivity index (χ3n) is 19.2. The van der Waals surface area contributed by atoms with Crippen LogP contribution >= 0.6 is 0 Å². The summed E-state index contributed by atoms with van der Waals surface area (Å²) in [6.45, 7) is 11.4. The van der Waals surface area contributed by atoms with Gasteiger partial charge in [0.1, 0.15) is 61.8 Å². The molecule has 11 N–H and O–H groups in total. The third kappa shape index (κ3) is 51.2. The molecule has 754 valence electrons. The van der Waals surface area contributed by atoms with Gasteiger partial charge in [0.25, 0.3) is 0 Å². The molecule has 3 aliphatic rings. The van der Waals surface area contributed by atoms with Crippen LogP contribution < -0.4 is 53.2 Å². The molecular weight excluding hydrogens is 1770 g/mol. The Morgan fingerprint density at radius 1 is 0.271 bits per heavy atom. The van der Waals surface area contributed by atoms with Gasteiger partial charge in [-0.3, -0.25) is 95.9 Å². The molecule has 0 saturated carbocycles. The molecule has 0 aromatic rings. The van der Waals surface area contributed by atoms with E-state index >= 15 is 0 Å². The summed E-state index contributed by atoms with van der Waals surface area (Å²) in [5.74, 6) is -12.5. The highest BCUT2D eigenvalue weighted by atomic mass is 16.7. The molecule has 10 amide bonds. The molecule has 0 aromatic heterocycles. The van der Waals surface area contributed by atoms with Crippen molar-refractivity contribution in [3.05, 3.63) is 0 Å². The van der Waals surface area contributed by atoms with Crippen molar-refractivity contribution in [2.45, 2.75) is 296 Å². The Bertz CT molecular complexity index is 3440. The minimum Gasteiger partial charge on any atom is -0.481 e. The van der Waals surface area contributed by atoms with Crippen LogP contribution in [0.1, 0.15) is 199 Å². The van der Waals surface area contributed by atoms with Crippen molar-refractivity contribution in [1.29, 1.82) is 0 Å². The topological polar surface area (TPSA) is 648 Å². The van der Waals surface area contributed by atoms with Crippen molar-refractivity contribution in [2.75, 3.05) is 119 Å². The molecule has 133 heavy (non-hydrogen) atoms. The fraction of sp³-hybridized carbons (Fsp3) is 0.762. The van der Waals surface area contributed by atoms with Crippen LogP contribution in [0.15, 0.2) is 0 Å². The van der Waals surface area contributed by atoms with E-state index in [-0.39, 0.29) is 174 Å². The monoisotopic (exact) mass is 1910 g/mol. The van der Waals surface area contributed by atoms with Gasteiger partial charge < -0.3 is 144 Å². The Kier molecular flexibility index (Phi) is 56.6. The minimum atomic E-state index is -1.59. The van der Waals surface area contributed by atoms with Crippen molar-refractivity contribution in [3.63, 3.8) is 0 Å². The van der Waals surface area contributed by atoms with Crippen LogP contribution in [0, 0.1) is 0 Å². The lowest BCUT2D eigenvalue weighted by molar-refractivity contribution is -0.277. The van der Waals surface area contributed by atoms with E-state index in [0.717, 1.165) is 62.3 Å². The highest BCUT2D eigenvalue weighted by molar-refractivity contribution is 5.80. The van der Waals surface area contributed by atoms with Gasteiger partial charge in [0.05, 0.1) is 39.6 Å². The highest BCUT2D eigenvalue weighted by Crippen LogP contribution is 2.32. The van der Waals surface area contributed by atoms with Crippen LogP contribution in [0.25, 0.3) is 0 Å². The van der Waals surface area contributed by atoms with E-state index in [0.29, 0.717) is 57.8 Å². The third-order valence-corrected chi connectivity index (χ3v) is 19.2. The van der Waals surface area contributed by atoms with E-state index < -0.39 is 218 Å². The van der Waals surface area contributed by atoms with Gasteiger partial charge in [-0.1, -0.05) is 0 Å². The van der Waals surface area contributed by atoms with E-state index in [4.69, 9.17) is 85.3 Å². The van der Waals surface area contributed by atoms with Crippen LogP contribution in [0.4, 0.5) is 0 Å². The summed E-state index contributed by atoms with van der Waals surface area (Å²) >= 11 is 0. The van der Waals surface area contributed by atoms with Crippen LogP contribution in [0.5, 0.6) is 0 Å². The molecule has 3 aliphatic heterocycles. The predicted octanol–water partition coefficient (Wildman–Crippen LogP) is -2.29. The first-order chi connectivity index (χ1) is 63.1. The average molecular weight is 1910 g/mol. The maximum atomic E-state index is 13.6. The van der Waals surface area contributed by atoms with Gasteiger partial charge in [0.15, 0.2) is 55.5 Å². The maximum absolute atomic E-state index is 13.6. The Labute approximate surface area is 770 Å². The molecule has 0 aromatic carbocycles. The fourth-order valence-corrected chi connectivity index (χ4v) is 13.5. The zero-order chi connectivity index (χ0) is 99.0. The first kappa shape index (κ1) is 116. The predicted molar refractivity (Wildman–Crippen MR) is 452 cm³/mol. The molecule has 3 fully saturated rings. The van der Waals surface area contributed by atoms with Gasteiger partial charge in [-0.05, 0) is 64.2 Å². The Balaban J connectivity index is 1.61. The van der Waals surface area contributed by atoms with E-state index in [1.165, 1.54) is 20.8 Å². The number of nitrogens with one attached hydrogen (secondary N) is 10. The van der Waals surface area contributed by atoms with Gasteiger partial charge in [0.2, 0.25) is 59.1 Å². The van der Waals surface area contributed by atoms with E-state index in [2.05, 4.69) is 53.2 Å². The molecule has 0 unspecified atom stereocenters. The lowest BCUT2D eigenvalue weighted by atomic mass is 9.96. The molecule has 0 spiro atoms. The first-order valence-corrected chi connectivity index (χ1v) is 44.0. The lowest BCUT2D eigenvalue weighted by Crippen LogP contribution is -2.66. The number of carboxylic acids is 1. The SMILES string of the molecule is CC(=O)N[C@H]1[C@H](OCCCCC(=O)NCCCNC(=O)CCOCC(COCCC(=O)NCCCNC(=O)CCCCO[C@@H]2O[C@H](COC(C)=O)[C@H](OC(C)=O)[C@H](OC(C)=O)[C@H]2NC(C)=O)(COCCC(=O)NCCCNC(=O)CCCCO[C@@H]2O[C@H](COC(C)=O)[C@H](OC(C)=O)[C@H](OC(C)=O)[C@H]2NC(C)=O)NC(=O)CCCC(=O)O)O[C@H](COC(C)=O)[C@H](OC(C)=O)[C@@H]1OC(C)=O. The van der Waals surface area contributed by atoms with Crippen LogP contribution in [-0.2, 0) is 181 Å². The molecule has 0 aliphatic carbocycles. The number of carbonyl (C=O) groups is 20. The number of hydrogen-bond donors (Lipinski definition) is 11. The van der Waals surface area contributed by atoms with E-state index in [1.54, 1.807) is 0 Å². The average Bonchev–Trinajstić information content (AvgIpc) is 0.795. The summed E-state index contributed by atoms with van der Waals surface area (Å²) in [4.78, 5) is 248. The summed E-state index contributed by atoms with van der Waals surface area (Å²) in [7, 11) is 0. The maximum Gasteiger partial charge on any atom is 0.303 e. The lowest BCUT2D eigenvalue weighted by Gasteiger charge is -2.44. The normalized spacial score (nSPS) is 21.3. The summed E-state index contributed by atoms with van der Waals surface area (Å²) in [5.41, 5.74) is -1.59. The van der Waals surface area contributed by atoms with Crippen molar-refractivity contribution in [1.82, 2.24) is 53.2 Å². The Morgan fingerprint density at radius 2 is 0.511 bits per heavy atom. The smallest absolute Gasteiger partial charge is 0.303 e. The quantitative estimate of drug-likeness (QED) is 0.0173. The number of esters is 9. The highest BCUT2D eigenvalue weighted by Gasteiger charge is 2.55. The summed E-state index contributed by atoms with van der Waals surface area (Å²) in [6, 6.07) is -3.54. The summed E-state index contributed by atoms with van der Waals surface area (Å²) in [5, 5.41) is 36.5. The Morgan fingerprint density at radius 3 is 0.744 bits per heavy atom. The second-order valence-electron chi connectivity index (χ2n) is 31.3. The van der Waals surface area contributed by atoms with Crippen LogP contribution in [0.2, 0.25) is 0 Å². The van der Waals surface area contributed by atoms with Crippen molar-refractivity contribution >= 4 is 119 Å². The number of hydrogen-bond acceptors (Lipinski definition) is 38. The largest absolute Gasteiger partial charge is 0.481 e. The van der Waals surface area contributed by atoms with Crippen molar-refractivity contribution in [2.24, 2.45) is 0 Å². The molecular formula is C84H134N10O39. The molecule has 49 nitrogen and oxygen atoms in total. The standard InChI is InChI=1S/C84H134N10O39/c1-49(95)91-72-78(128-58(10)104)75(125-55(7)101)61(43-122-52(4)98)131-81(72)119-37-16-13-23-64(107)85-31-20-34-88-67(110)28-40-116-46-84(94-70(113)26-19-27-71(114)115,47-117-41-29-68(111)89-35-21-32-86-65(108)24-14-17-38-120-82-73(92-50(2)96)79(129-59(11)105)76(126-56(8)102)62(132-82)44-123-53(5)99)48-118-42-30-69(112)90-36-22-33-87-66(109)25-15-18-39-121-83-74(93-51(3)97)80(130-60(12)106)77(127-57(9)103)63(133-83)45-124-54(6)100/h61-63,72-83H,13-48H2,1-12H3,(H,85,107)(H,86,108)(H,87,109)(H,88,110)(H,89,111)(H,90,112)(H,91,95)(H,92,96)(H,93,97)(H,94,113)(H,114,115)/t61-,62-,63-,72-,73-,74-,75+,76+,77+,78-,79-,80-,81-,82-,83-/m1/s1. The zero-order valence-electron chi connectivity index (χ0n) is 77.6. The Hall–Kier alpha value is -11.0. The summed E-state index contributed by atoms with van der Waals surface area (Å²) in [6.07, 6.45) is -13.7. The first-order valence-electron chi connectivity index (χ1n) is 44.0. The number of amides is 10. The number of aliphatic carboxylic acids is 1. The fourth-order valence-electron chi connectivity index (χ4n) is 13.5. The number of rotatable bonds is 65. The van der Waals surface area contributed by atoms with Gasteiger partial charge in [-0.15, -0.1) is 0 Å². The second kappa shape index (κ2) is 64.8. The number of carbonyl (C=O) groups excluding carboxylic acids is 19. The van der Waals surface area contributed by atoms with Crippen LogP contribution in [-0.4, -0.2) is 340 Å². The number of unbranched alkanes of at least 4 members (excludes halogenated alkanes) is 3. The van der Waals surface area contributed by atoms with Crippen molar-refractivity contribution < 1.29 is 186 Å². The van der Waals surface area contributed by atoms with Crippen molar-refractivity contribution in [3.8, 4) is 0 Å². The zero-order valence-corrected chi connectivity index (χ0v) is 77.6. The molecule has 3 saturated heterocycles. The number of ether oxygens (including phenoxy) is 18. The molecule has 0 bridgehead atoms. The molecule has 15 atom stereocenters. The molecule has 3 rings (SSSR count). The minimum absolute atomic E-state index is 0.0251. The van der Waals surface area contributed by atoms with Crippen LogP contribution in [0.3, 0.4) is 0 Å². The number of carboxylic acid groups (broad SMARTS) is 1.